The first-order chi connectivity index (χ1) is 8.69. The first kappa shape index (κ1) is 13.2. The Labute approximate surface area is 113 Å². The van der Waals surface area contributed by atoms with E-state index in [2.05, 4.69) is 43.3 Å². The summed E-state index contributed by atoms with van der Waals surface area (Å²) in [7, 11) is 0. The zero-order chi connectivity index (χ0) is 13.0. The molecule has 2 heteroatoms. The molecule has 18 heavy (non-hydrogen) atoms. The lowest BCUT2D eigenvalue weighted by molar-refractivity contribution is 0.173. The number of aliphatic hydroxyl groups excluding tert-OH is 1. The minimum atomic E-state index is -0.344. The molecule has 0 aromatic heterocycles. The number of aliphatic hydroxyl groups is 1. The first-order valence-corrected chi connectivity index (χ1v) is 7.03. The van der Waals surface area contributed by atoms with E-state index >= 15 is 0 Å². The highest BCUT2D eigenvalue weighted by molar-refractivity contribution is 7.99. The highest BCUT2D eigenvalue weighted by atomic mass is 32.2. The summed E-state index contributed by atoms with van der Waals surface area (Å²) < 4.78 is 0. The number of hydrogen-bond acceptors (Lipinski definition) is 2. The van der Waals surface area contributed by atoms with Crippen LogP contribution in [0.15, 0.2) is 58.3 Å². The molecule has 2 aromatic rings. The van der Waals surface area contributed by atoms with E-state index in [1.807, 2.05) is 19.1 Å². The molecule has 2 aromatic carbocycles. The van der Waals surface area contributed by atoms with Gasteiger partial charge in [0.15, 0.2) is 0 Å². The molecule has 1 nitrogen and oxygen atoms in total. The summed E-state index contributed by atoms with van der Waals surface area (Å²) in [5, 5.41) is 9.73. The molecule has 0 radical (unpaired) electrons. The predicted octanol–water partition coefficient (Wildman–Crippen LogP) is 4.59. The molecule has 0 spiro atoms. The van der Waals surface area contributed by atoms with Crippen molar-refractivity contribution in [1.29, 1.82) is 0 Å². The average molecular weight is 258 g/mol. The Morgan fingerprint density at radius 1 is 0.944 bits per heavy atom. The van der Waals surface area contributed by atoms with Gasteiger partial charge >= 0.3 is 0 Å². The monoisotopic (exact) mass is 258 g/mol. The highest BCUT2D eigenvalue weighted by Gasteiger charge is 2.04. The third-order valence-electron chi connectivity index (χ3n) is 2.91. The van der Waals surface area contributed by atoms with E-state index in [0.717, 1.165) is 12.0 Å². The lowest BCUT2D eigenvalue weighted by atomic mass is 10.1. The Morgan fingerprint density at radius 2 is 1.44 bits per heavy atom. The van der Waals surface area contributed by atoms with Gasteiger partial charge in [-0.3, -0.25) is 0 Å². The maximum atomic E-state index is 9.73. The van der Waals surface area contributed by atoms with Crippen molar-refractivity contribution in [3.05, 3.63) is 59.7 Å². The zero-order valence-corrected chi connectivity index (χ0v) is 11.6. The van der Waals surface area contributed by atoms with E-state index in [0.29, 0.717) is 0 Å². The Morgan fingerprint density at radius 3 is 1.94 bits per heavy atom. The summed E-state index contributed by atoms with van der Waals surface area (Å²) in [6, 6.07) is 16.7. The van der Waals surface area contributed by atoms with Gasteiger partial charge in [0, 0.05) is 9.79 Å². The molecule has 0 unspecified atom stereocenters. The fourth-order valence-corrected chi connectivity index (χ4v) is 2.55. The average Bonchev–Trinajstić information content (AvgIpc) is 2.41. The van der Waals surface area contributed by atoms with Crippen molar-refractivity contribution in [2.75, 3.05) is 0 Å². The molecule has 0 amide bonds. The van der Waals surface area contributed by atoms with Crippen LogP contribution in [-0.4, -0.2) is 5.11 Å². The van der Waals surface area contributed by atoms with Crippen LogP contribution in [0.3, 0.4) is 0 Å². The molecular formula is C16H18OS. The van der Waals surface area contributed by atoms with Crippen molar-refractivity contribution in [3.63, 3.8) is 0 Å². The van der Waals surface area contributed by atoms with Gasteiger partial charge in [-0.2, -0.15) is 0 Å². The van der Waals surface area contributed by atoms with E-state index in [1.165, 1.54) is 15.4 Å². The van der Waals surface area contributed by atoms with Gasteiger partial charge in [-0.15, -0.1) is 0 Å². The van der Waals surface area contributed by atoms with Crippen molar-refractivity contribution in [2.45, 2.75) is 36.2 Å². The minimum absolute atomic E-state index is 0.344. The van der Waals surface area contributed by atoms with Gasteiger partial charge in [-0.1, -0.05) is 48.5 Å². The Hall–Kier alpha value is -1.25. The second-order valence-corrected chi connectivity index (χ2v) is 5.56. The fourth-order valence-electron chi connectivity index (χ4n) is 1.74. The molecule has 94 valence electrons. The van der Waals surface area contributed by atoms with Crippen LogP contribution in [0.4, 0.5) is 0 Å². The maximum Gasteiger partial charge on any atom is 0.0787 e. The molecule has 0 aliphatic carbocycles. The molecule has 0 aliphatic heterocycles. The zero-order valence-electron chi connectivity index (χ0n) is 10.8. The van der Waals surface area contributed by atoms with E-state index in [9.17, 15) is 5.11 Å². The van der Waals surface area contributed by atoms with E-state index in [4.69, 9.17) is 0 Å². The van der Waals surface area contributed by atoms with Gasteiger partial charge in [0.1, 0.15) is 0 Å². The van der Waals surface area contributed by atoms with Crippen LogP contribution < -0.4 is 0 Å². The number of hydrogen-bond donors (Lipinski definition) is 1. The van der Waals surface area contributed by atoms with E-state index < -0.39 is 0 Å². The molecular weight excluding hydrogens is 240 g/mol. The molecule has 0 bridgehead atoms. The normalized spacial score (nSPS) is 12.4. The van der Waals surface area contributed by atoms with Crippen LogP contribution in [0.5, 0.6) is 0 Å². The summed E-state index contributed by atoms with van der Waals surface area (Å²) in [4.78, 5) is 2.44. The SMILES string of the molecule is CC[C@H](O)c1ccc(Sc2ccc(C)cc2)cc1. The number of aryl methyl sites for hydroxylation is 1. The molecule has 0 aliphatic rings. The van der Waals surface area contributed by atoms with Crippen LogP contribution in [0.1, 0.15) is 30.6 Å². The molecule has 0 saturated carbocycles. The third-order valence-corrected chi connectivity index (χ3v) is 3.92. The lowest BCUT2D eigenvalue weighted by Gasteiger charge is -2.08. The second kappa shape index (κ2) is 6.07. The smallest absolute Gasteiger partial charge is 0.0787 e. The van der Waals surface area contributed by atoms with Crippen LogP contribution in [-0.2, 0) is 0 Å². The summed E-state index contributed by atoms with van der Waals surface area (Å²) in [6.45, 7) is 4.08. The van der Waals surface area contributed by atoms with Crippen LogP contribution in [0.2, 0.25) is 0 Å². The van der Waals surface area contributed by atoms with Gasteiger partial charge in [-0.05, 0) is 43.2 Å². The van der Waals surface area contributed by atoms with Crippen LogP contribution in [0, 0.1) is 6.92 Å². The summed E-state index contributed by atoms with van der Waals surface area (Å²) in [5.74, 6) is 0. The molecule has 0 saturated heterocycles. The fraction of sp³-hybridized carbons (Fsp3) is 0.250. The van der Waals surface area contributed by atoms with Crippen molar-refractivity contribution in [2.24, 2.45) is 0 Å². The van der Waals surface area contributed by atoms with Gasteiger partial charge in [-0.25, -0.2) is 0 Å². The topological polar surface area (TPSA) is 20.2 Å². The summed E-state index contributed by atoms with van der Waals surface area (Å²) >= 11 is 1.74. The maximum absolute atomic E-state index is 9.73. The first-order valence-electron chi connectivity index (χ1n) is 6.21. The predicted molar refractivity (Wildman–Crippen MR) is 77.0 cm³/mol. The largest absolute Gasteiger partial charge is 0.388 e. The highest BCUT2D eigenvalue weighted by Crippen LogP contribution is 2.29. The number of benzene rings is 2. The lowest BCUT2D eigenvalue weighted by Crippen LogP contribution is -1.93. The molecule has 2 rings (SSSR count). The van der Waals surface area contributed by atoms with Crippen LogP contribution >= 0.6 is 11.8 Å². The van der Waals surface area contributed by atoms with Gasteiger partial charge in [0.25, 0.3) is 0 Å². The second-order valence-electron chi connectivity index (χ2n) is 4.41. The van der Waals surface area contributed by atoms with Gasteiger partial charge in [0.05, 0.1) is 6.10 Å². The molecule has 0 heterocycles. The summed E-state index contributed by atoms with van der Waals surface area (Å²) in [5.41, 5.74) is 2.27. The van der Waals surface area contributed by atoms with E-state index in [1.54, 1.807) is 11.8 Å². The quantitative estimate of drug-likeness (QED) is 0.865. The molecule has 1 atom stereocenters. The Balaban J connectivity index is 2.08. The molecule has 1 N–H and O–H groups in total. The van der Waals surface area contributed by atoms with Crippen molar-refractivity contribution >= 4 is 11.8 Å². The molecule has 0 fully saturated rings. The van der Waals surface area contributed by atoms with Crippen molar-refractivity contribution in [1.82, 2.24) is 0 Å². The Kier molecular flexibility index (Phi) is 4.45. The third kappa shape index (κ3) is 3.37. The van der Waals surface area contributed by atoms with E-state index in [-0.39, 0.29) is 6.10 Å². The van der Waals surface area contributed by atoms with Crippen LogP contribution in [0.25, 0.3) is 0 Å². The van der Waals surface area contributed by atoms with Gasteiger partial charge in [0.2, 0.25) is 0 Å². The van der Waals surface area contributed by atoms with Gasteiger partial charge < -0.3 is 5.11 Å². The summed E-state index contributed by atoms with van der Waals surface area (Å²) in [6.07, 6.45) is 0.410. The Bertz CT molecular complexity index is 488. The van der Waals surface area contributed by atoms with Crippen molar-refractivity contribution < 1.29 is 5.11 Å². The standard InChI is InChI=1S/C16H18OS/c1-3-16(17)13-6-10-15(11-7-13)18-14-8-4-12(2)5-9-14/h4-11,16-17H,3H2,1-2H3/t16-/m0/s1. The van der Waals surface area contributed by atoms with Crippen molar-refractivity contribution in [3.8, 4) is 0 Å². The number of rotatable bonds is 4. The minimum Gasteiger partial charge on any atom is -0.388 e.